The molecule has 0 unspecified atom stereocenters. The molecule has 0 radical (unpaired) electrons. The number of urea groups is 1. The summed E-state index contributed by atoms with van der Waals surface area (Å²) in [6, 6.07) is 13.3. The lowest BCUT2D eigenvalue weighted by Crippen LogP contribution is -2.24. The number of aromatic amines is 1. The van der Waals surface area contributed by atoms with E-state index in [-0.39, 0.29) is 22.9 Å². The van der Waals surface area contributed by atoms with E-state index in [4.69, 9.17) is 0 Å². The molecule has 2 amide bonds. The summed E-state index contributed by atoms with van der Waals surface area (Å²) in [4.78, 5) is 30.7. The van der Waals surface area contributed by atoms with Gasteiger partial charge >= 0.3 is 6.03 Å². The number of nitrogens with zero attached hydrogens (tertiary/aromatic N) is 2. The lowest BCUT2D eigenvalue weighted by atomic mass is 10.1. The highest BCUT2D eigenvalue weighted by Gasteiger charge is 2.15. The predicted molar refractivity (Wildman–Crippen MR) is 102 cm³/mol. The summed E-state index contributed by atoms with van der Waals surface area (Å²) in [6.07, 6.45) is 0. The summed E-state index contributed by atoms with van der Waals surface area (Å²) in [5.41, 5.74) is 0.0424. The molecule has 134 valence electrons. The Hall–Kier alpha value is -3.51. The molecule has 1 heterocycles. The van der Waals surface area contributed by atoms with Crippen LogP contribution >= 0.6 is 15.9 Å². The normalized spacial score (nSPS) is 10.1. The van der Waals surface area contributed by atoms with E-state index in [9.17, 15) is 19.2 Å². The number of amides is 2. The van der Waals surface area contributed by atoms with E-state index in [1.807, 2.05) is 6.07 Å². The van der Waals surface area contributed by atoms with Gasteiger partial charge in [0.15, 0.2) is 0 Å². The summed E-state index contributed by atoms with van der Waals surface area (Å²) in [6.45, 7) is 0. The number of carbonyl (C=O) groups excluding carboxylic acids is 1. The van der Waals surface area contributed by atoms with Crippen LogP contribution in [-0.2, 0) is 0 Å². The minimum Gasteiger partial charge on any atom is -0.308 e. The first kappa shape index (κ1) is 18.3. The molecule has 0 atom stereocenters. The first-order chi connectivity index (χ1) is 13.0. The molecular formula is C18H11BrFN5O2. The maximum atomic E-state index is 13.2. The van der Waals surface area contributed by atoms with E-state index >= 15 is 0 Å². The molecule has 0 aliphatic carbocycles. The van der Waals surface area contributed by atoms with Crippen molar-refractivity contribution in [1.82, 2.24) is 9.97 Å². The maximum Gasteiger partial charge on any atom is 0.326 e. The van der Waals surface area contributed by atoms with E-state index < -0.39 is 17.4 Å². The molecule has 3 rings (SSSR count). The van der Waals surface area contributed by atoms with Gasteiger partial charge in [-0.15, -0.1) is 0 Å². The van der Waals surface area contributed by atoms with Crippen LogP contribution in [0.25, 0.3) is 11.3 Å². The summed E-state index contributed by atoms with van der Waals surface area (Å²) in [7, 11) is 0. The number of H-pyrrole nitrogens is 1. The quantitative estimate of drug-likeness (QED) is 0.589. The summed E-state index contributed by atoms with van der Waals surface area (Å²) >= 11 is 3.31. The molecule has 7 nitrogen and oxygen atoms in total. The molecule has 0 saturated carbocycles. The van der Waals surface area contributed by atoms with E-state index in [1.165, 1.54) is 18.2 Å². The van der Waals surface area contributed by atoms with Crippen LogP contribution in [0.3, 0.4) is 0 Å². The third-order valence-electron chi connectivity index (χ3n) is 3.46. The number of hydrogen-bond acceptors (Lipinski definition) is 4. The minimum absolute atomic E-state index is 0.134. The van der Waals surface area contributed by atoms with Gasteiger partial charge in [-0.1, -0.05) is 34.1 Å². The van der Waals surface area contributed by atoms with Crippen molar-refractivity contribution in [2.45, 2.75) is 0 Å². The monoisotopic (exact) mass is 427 g/mol. The fourth-order valence-corrected chi connectivity index (χ4v) is 2.55. The molecule has 2 aromatic carbocycles. The fraction of sp³-hybridized carbons (Fsp3) is 0. The fourth-order valence-electron chi connectivity index (χ4n) is 2.29. The topological polar surface area (TPSA) is 111 Å². The lowest BCUT2D eigenvalue weighted by Gasteiger charge is -2.09. The van der Waals surface area contributed by atoms with Crippen LogP contribution in [0.1, 0.15) is 5.56 Å². The summed E-state index contributed by atoms with van der Waals surface area (Å²) in [5, 5.41) is 14.0. The number of halogens is 2. The van der Waals surface area contributed by atoms with Gasteiger partial charge in [-0.05, 0) is 30.3 Å². The van der Waals surface area contributed by atoms with E-state index in [0.29, 0.717) is 5.56 Å². The Morgan fingerprint density at radius 1 is 1.19 bits per heavy atom. The van der Waals surface area contributed by atoms with Gasteiger partial charge in [0.25, 0.3) is 5.56 Å². The van der Waals surface area contributed by atoms with Gasteiger partial charge in [-0.2, -0.15) is 5.26 Å². The summed E-state index contributed by atoms with van der Waals surface area (Å²) in [5.74, 6) is -0.652. The number of rotatable bonds is 3. The van der Waals surface area contributed by atoms with Gasteiger partial charge in [0.1, 0.15) is 17.4 Å². The number of carbonyl (C=O) groups is 1. The van der Waals surface area contributed by atoms with Gasteiger partial charge in [0.05, 0.1) is 5.69 Å². The summed E-state index contributed by atoms with van der Waals surface area (Å²) < 4.78 is 14.0. The van der Waals surface area contributed by atoms with Crippen LogP contribution in [0.2, 0.25) is 0 Å². The van der Waals surface area contributed by atoms with Crippen molar-refractivity contribution in [2.75, 3.05) is 10.6 Å². The van der Waals surface area contributed by atoms with Gasteiger partial charge in [-0.25, -0.2) is 14.2 Å². The van der Waals surface area contributed by atoms with Crippen LogP contribution in [0.5, 0.6) is 0 Å². The average Bonchev–Trinajstić information content (AvgIpc) is 2.62. The minimum atomic E-state index is -0.727. The molecule has 0 aliphatic rings. The number of benzene rings is 2. The first-order valence-corrected chi connectivity index (χ1v) is 8.39. The van der Waals surface area contributed by atoms with Crippen molar-refractivity contribution in [3.8, 4) is 17.3 Å². The zero-order chi connectivity index (χ0) is 19.4. The van der Waals surface area contributed by atoms with Gasteiger partial charge in [-0.3, -0.25) is 15.1 Å². The second-order valence-electron chi connectivity index (χ2n) is 5.35. The van der Waals surface area contributed by atoms with Crippen LogP contribution in [-0.4, -0.2) is 16.0 Å². The SMILES string of the molecule is N#Cc1c(-c2ccc(Br)cc2)nc(NC(=O)Nc2cccc(F)c2)[nH]c1=O. The zero-order valence-corrected chi connectivity index (χ0v) is 15.2. The van der Waals surface area contributed by atoms with Crippen molar-refractivity contribution in [2.24, 2.45) is 0 Å². The van der Waals surface area contributed by atoms with Crippen molar-refractivity contribution in [3.05, 3.63) is 74.7 Å². The van der Waals surface area contributed by atoms with Gasteiger partial charge in [0, 0.05) is 15.7 Å². The van der Waals surface area contributed by atoms with Gasteiger partial charge in [0.2, 0.25) is 5.95 Å². The van der Waals surface area contributed by atoms with Gasteiger partial charge < -0.3 is 5.32 Å². The molecule has 3 aromatic rings. The molecule has 0 saturated heterocycles. The third kappa shape index (κ3) is 4.37. The standard InChI is InChI=1S/C18H11BrFN5O2/c19-11-6-4-10(5-7-11)15-14(9-21)16(26)24-17(23-15)25-18(27)22-13-3-1-2-12(20)8-13/h1-8H,(H3,22,23,24,25,26,27). The van der Waals surface area contributed by atoms with E-state index in [0.717, 1.165) is 10.5 Å². The molecule has 0 aliphatic heterocycles. The number of anilines is 2. The molecule has 0 spiro atoms. The van der Waals surface area contributed by atoms with Crippen molar-refractivity contribution in [1.29, 1.82) is 5.26 Å². The Balaban J connectivity index is 1.90. The molecule has 9 heteroatoms. The van der Waals surface area contributed by atoms with Crippen LogP contribution in [0.15, 0.2) is 57.8 Å². The van der Waals surface area contributed by atoms with Crippen LogP contribution in [0.4, 0.5) is 20.8 Å². The largest absolute Gasteiger partial charge is 0.326 e. The highest BCUT2D eigenvalue weighted by molar-refractivity contribution is 9.10. The van der Waals surface area contributed by atoms with Crippen molar-refractivity contribution < 1.29 is 9.18 Å². The Kier molecular flexibility index (Phi) is 5.28. The highest BCUT2D eigenvalue weighted by Crippen LogP contribution is 2.22. The second-order valence-corrected chi connectivity index (χ2v) is 6.26. The molecule has 27 heavy (non-hydrogen) atoms. The number of nitrogens with one attached hydrogen (secondary N) is 3. The first-order valence-electron chi connectivity index (χ1n) is 7.60. The maximum absolute atomic E-state index is 13.2. The van der Waals surface area contributed by atoms with Crippen molar-refractivity contribution >= 4 is 33.6 Å². The van der Waals surface area contributed by atoms with Crippen molar-refractivity contribution in [3.63, 3.8) is 0 Å². The van der Waals surface area contributed by atoms with Crippen LogP contribution in [0, 0.1) is 17.1 Å². The molecule has 0 bridgehead atoms. The molecule has 0 fully saturated rings. The van der Waals surface area contributed by atoms with E-state index in [1.54, 1.807) is 24.3 Å². The third-order valence-corrected chi connectivity index (χ3v) is 3.99. The van der Waals surface area contributed by atoms with E-state index in [2.05, 4.69) is 36.5 Å². The Morgan fingerprint density at radius 2 is 1.93 bits per heavy atom. The number of aromatic nitrogens is 2. The Morgan fingerprint density at radius 3 is 2.59 bits per heavy atom. The highest BCUT2D eigenvalue weighted by atomic mass is 79.9. The Bertz CT molecular complexity index is 1110. The average molecular weight is 428 g/mol. The number of hydrogen-bond donors (Lipinski definition) is 3. The predicted octanol–water partition coefficient (Wildman–Crippen LogP) is 3.85. The Labute approximate surface area is 161 Å². The molecule has 3 N–H and O–H groups in total. The van der Waals surface area contributed by atoms with Crippen LogP contribution < -0.4 is 16.2 Å². The number of nitriles is 1. The zero-order valence-electron chi connectivity index (χ0n) is 13.6. The second kappa shape index (κ2) is 7.80. The molecule has 1 aromatic heterocycles. The lowest BCUT2D eigenvalue weighted by molar-refractivity contribution is 0.262. The smallest absolute Gasteiger partial charge is 0.308 e. The molecular weight excluding hydrogens is 417 g/mol.